The molecular weight excluding hydrogens is 216 g/mol. The zero-order valence-electron chi connectivity index (χ0n) is 9.71. The average molecular weight is 232 g/mol. The third-order valence-electron chi connectivity index (χ3n) is 2.63. The highest BCUT2D eigenvalue weighted by atomic mass is 16.5. The molecule has 0 amide bonds. The normalized spacial score (nSPS) is 14.5. The monoisotopic (exact) mass is 232 g/mol. The average Bonchev–Trinajstić information content (AvgIpc) is 2.35. The summed E-state index contributed by atoms with van der Waals surface area (Å²) in [6, 6.07) is 9.30. The first kappa shape index (κ1) is 11.8. The van der Waals surface area contributed by atoms with Gasteiger partial charge in [-0.1, -0.05) is 6.07 Å². The minimum atomic E-state index is -0.392. The highest BCUT2D eigenvalue weighted by Crippen LogP contribution is 2.20. The van der Waals surface area contributed by atoms with Gasteiger partial charge in [-0.2, -0.15) is 0 Å². The van der Waals surface area contributed by atoms with Crippen molar-refractivity contribution in [1.82, 2.24) is 4.98 Å². The molecule has 17 heavy (non-hydrogen) atoms. The van der Waals surface area contributed by atoms with E-state index in [0.29, 0.717) is 5.75 Å². The first-order valence-electron chi connectivity index (χ1n) is 5.58. The van der Waals surface area contributed by atoms with E-state index in [-0.39, 0.29) is 12.6 Å². The van der Waals surface area contributed by atoms with Crippen LogP contribution in [-0.2, 0) is 0 Å². The van der Waals surface area contributed by atoms with Gasteiger partial charge in [-0.05, 0) is 25.1 Å². The number of pyridine rings is 1. The van der Waals surface area contributed by atoms with Crippen molar-refractivity contribution < 1.29 is 9.84 Å². The molecule has 0 aliphatic carbocycles. The molecule has 3 N–H and O–H groups in total. The molecule has 2 aromatic rings. The highest BCUT2D eigenvalue weighted by molar-refractivity contribution is 5.79. The van der Waals surface area contributed by atoms with Gasteiger partial charge in [-0.15, -0.1) is 0 Å². The molecule has 0 fully saturated rings. The molecule has 4 nitrogen and oxygen atoms in total. The van der Waals surface area contributed by atoms with Crippen LogP contribution in [-0.4, -0.2) is 28.8 Å². The number of aliphatic hydroxyl groups is 1. The van der Waals surface area contributed by atoms with E-state index in [4.69, 9.17) is 15.6 Å². The minimum Gasteiger partial charge on any atom is -0.486 e. The van der Waals surface area contributed by atoms with Crippen molar-refractivity contribution in [2.75, 3.05) is 6.61 Å². The molecule has 0 aliphatic rings. The molecule has 0 saturated heterocycles. The maximum absolute atomic E-state index is 9.15. The van der Waals surface area contributed by atoms with E-state index >= 15 is 0 Å². The Hall–Kier alpha value is -1.65. The second kappa shape index (κ2) is 5.12. The lowest BCUT2D eigenvalue weighted by atomic mass is 10.2. The fourth-order valence-corrected chi connectivity index (χ4v) is 1.61. The van der Waals surface area contributed by atoms with E-state index in [1.165, 1.54) is 0 Å². The number of benzene rings is 1. The summed E-state index contributed by atoms with van der Waals surface area (Å²) in [7, 11) is 0. The van der Waals surface area contributed by atoms with Crippen LogP contribution in [0, 0.1) is 0 Å². The number of hydrogen-bond acceptors (Lipinski definition) is 4. The number of rotatable bonds is 4. The first-order chi connectivity index (χ1) is 8.20. The van der Waals surface area contributed by atoms with Gasteiger partial charge in [0.05, 0.1) is 12.1 Å². The topological polar surface area (TPSA) is 68.4 Å². The number of ether oxygens (including phenoxy) is 1. The van der Waals surface area contributed by atoms with Crippen LogP contribution in [0.1, 0.15) is 6.92 Å². The van der Waals surface area contributed by atoms with E-state index in [1.54, 1.807) is 13.1 Å². The number of aromatic nitrogens is 1. The van der Waals surface area contributed by atoms with Gasteiger partial charge in [-0.25, -0.2) is 0 Å². The standard InChI is InChI=1S/C13H16N2O2/c1-9(14)13(8-16)17-11-5-4-10-3-2-6-15-12(10)7-11/h2-7,9,13,16H,8,14H2,1H3. The van der Waals surface area contributed by atoms with Gasteiger partial charge in [0.2, 0.25) is 0 Å². The van der Waals surface area contributed by atoms with Gasteiger partial charge >= 0.3 is 0 Å². The van der Waals surface area contributed by atoms with Crippen LogP contribution < -0.4 is 10.5 Å². The zero-order valence-corrected chi connectivity index (χ0v) is 9.71. The Morgan fingerprint density at radius 1 is 1.41 bits per heavy atom. The SMILES string of the molecule is CC(N)C(CO)Oc1ccc2cccnc2c1. The van der Waals surface area contributed by atoms with Crippen LogP contribution >= 0.6 is 0 Å². The van der Waals surface area contributed by atoms with Gasteiger partial charge in [0, 0.05) is 23.7 Å². The van der Waals surface area contributed by atoms with Crippen LogP contribution in [0.2, 0.25) is 0 Å². The molecule has 2 rings (SSSR count). The van der Waals surface area contributed by atoms with Gasteiger partial charge < -0.3 is 15.6 Å². The maximum Gasteiger partial charge on any atom is 0.136 e. The van der Waals surface area contributed by atoms with Crippen LogP contribution in [0.3, 0.4) is 0 Å². The molecule has 2 atom stereocenters. The van der Waals surface area contributed by atoms with Crippen LogP contribution in [0.15, 0.2) is 36.5 Å². The summed E-state index contributed by atoms with van der Waals surface area (Å²) in [6.45, 7) is 1.71. The van der Waals surface area contributed by atoms with Crippen molar-refractivity contribution in [2.45, 2.75) is 19.1 Å². The maximum atomic E-state index is 9.15. The summed E-state index contributed by atoms with van der Waals surface area (Å²) in [5.41, 5.74) is 6.57. The molecule has 1 heterocycles. The highest BCUT2D eigenvalue weighted by Gasteiger charge is 2.14. The summed E-state index contributed by atoms with van der Waals surface area (Å²) in [4.78, 5) is 4.25. The Balaban J connectivity index is 2.24. The first-order valence-corrected chi connectivity index (χ1v) is 5.58. The summed E-state index contributed by atoms with van der Waals surface area (Å²) < 4.78 is 5.62. The van der Waals surface area contributed by atoms with E-state index in [1.807, 2.05) is 30.3 Å². The predicted molar refractivity (Wildman–Crippen MR) is 66.9 cm³/mol. The Labute approximate surface area is 100 Å². The second-order valence-corrected chi connectivity index (χ2v) is 4.06. The number of fused-ring (bicyclic) bond motifs is 1. The molecule has 0 spiro atoms. The Kier molecular flexibility index (Phi) is 3.56. The molecule has 0 aliphatic heterocycles. The molecule has 1 aromatic carbocycles. The molecule has 1 aromatic heterocycles. The number of nitrogens with zero attached hydrogens (tertiary/aromatic N) is 1. The lowest BCUT2D eigenvalue weighted by Gasteiger charge is -2.20. The van der Waals surface area contributed by atoms with E-state index < -0.39 is 6.10 Å². The van der Waals surface area contributed by atoms with Gasteiger partial charge in [0.25, 0.3) is 0 Å². The van der Waals surface area contributed by atoms with E-state index in [9.17, 15) is 0 Å². The molecular formula is C13H16N2O2. The predicted octanol–water partition coefficient (Wildman–Crippen LogP) is 1.32. The van der Waals surface area contributed by atoms with E-state index in [2.05, 4.69) is 4.98 Å². The minimum absolute atomic E-state index is 0.0993. The third-order valence-corrected chi connectivity index (χ3v) is 2.63. The molecule has 4 heteroatoms. The van der Waals surface area contributed by atoms with E-state index in [0.717, 1.165) is 10.9 Å². The van der Waals surface area contributed by atoms with Crippen molar-refractivity contribution in [1.29, 1.82) is 0 Å². The Bertz CT molecular complexity index is 499. The molecule has 90 valence electrons. The van der Waals surface area contributed by atoms with Crippen molar-refractivity contribution >= 4 is 10.9 Å². The lowest BCUT2D eigenvalue weighted by Crippen LogP contribution is -2.39. The molecule has 2 unspecified atom stereocenters. The number of aliphatic hydroxyl groups excluding tert-OH is 1. The summed E-state index contributed by atoms with van der Waals surface area (Å²) in [5.74, 6) is 0.674. The number of nitrogens with two attached hydrogens (primary N) is 1. The Morgan fingerprint density at radius 2 is 2.24 bits per heavy atom. The summed E-state index contributed by atoms with van der Waals surface area (Å²) in [5, 5.41) is 10.2. The fraction of sp³-hybridized carbons (Fsp3) is 0.308. The van der Waals surface area contributed by atoms with Gasteiger partial charge in [-0.3, -0.25) is 4.98 Å². The van der Waals surface area contributed by atoms with Crippen molar-refractivity contribution in [2.24, 2.45) is 5.73 Å². The molecule has 0 radical (unpaired) electrons. The smallest absolute Gasteiger partial charge is 0.136 e. The fourth-order valence-electron chi connectivity index (χ4n) is 1.61. The largest absolute Gasteiger partial charge is 0.486 e. The Morgan fingerprint density at radius 3 is 2.94 bits per heavy atom. The van der Waals surface area contributed by atoms with Crippen molar-refractivity contribution in [3.63, 3.8) is 0 Å². The lowest BCUT2D eigenvalue weighted by molar-refractivity contribution is 0.0992. The molecule has 0 bridgehead atoms. The summed E-state index contributed by atoms with van der Waals surface area (Å²) in [6.07, 6.45) is 1.34. The zero-order chi connectivity index (χ0) is 12.3. The van der Waals surface area contributed by atoms with Crippen LogP contribution in [0.25, 0.3) is 10.9 Å². The van der Waals surface area contributed by atoms with Crippen molar-refractivity contribution in [3.05, 3.63) is 36.5 Å². The quantitative estimate of drug-likeness (QED) is 0.834. The molecule has 0 saturated carbocycles. The van der Waals surface area contributed by atoms with Crippen molar-refractivity contribution in [3.8, 4) is 5.75 Å². The summed E-state index contributed by atoms with van der Waals surface area (Å²) >= 11 is 0. The number of hydrogen-bond donors (Lipinski definition) is 2. The van der Waals surface area contributed by atoms with Crippen LogP contribution in [0.4, 0.5) is 0 Å². The second-order valence-electron chi connectivity index (χ2n) is 4.06. The third kappa shape index (κ3) is 2.72. The van der Waals surface area contributed by atoms with Gasteiger partial charge in [0.1, 0.15) is 11.9 Å². The van der Waals surface area contributed by atoms with Crippen LogP contribution in [0.5, 0.6) is 5.75 Å². The van der Waals surface area contributed by atoms with Gasteiger partial charge in [0.15, 0.2) is 0 Å².